The van der Waals surface area contributed by atoms with Crippen molar-refractivity contribution in [2.75, 3.05) is 0 Å². The minimum atomic E-state index is -0.356. The number of hydrogen-bond acceptors (Lipinski definition) is 2. The Hall–Kier alpha value is -0.0251. The smallest absolute Gasteiger partial charge is 0.399 e. The number of halogens is 2. The molecule has 0 aliphatic carbocycles. The van der Waals surface area contributed by atoms with Crippen molar-refractivity contribution >= 4 is 40.1 Å². The van der Waals surface area contributed by atoms with E-state index in [1.807, 2.05) is 45.9 Å². The molecule has 5 heteroatoms. The van der Waals surface area contributed by atoms with Crippen molar-refractivity contribution in [3.05, 3.63) is 27.7 Å². The van der Waals surface area contributed by atoms with Crippen LogP contribution in [0.4, 0.5) is 0 Å². The molecule has 0 unspecified atom stereocenters. The van der Waals surface area contributed by atoms with Crippen molar-refractivity contribution in [3.63, 3.8) is 0 Å². The molecule has 1 heterocycles. The van der Waals surface area contributed by atoms with Gasteiger partial charge in [0.15, 0.2) is 0 Å². The molecule has 1 aromatic carbocycles. The van der Waals surface area contributed by atoms with Gasteiger partial charge in [0.2, 0.25) is 0 Å². The van der Waals surface area contributed by atoms with Gasteiger partial charge in [-0.1, -0.05) is 17.7 Å². The summed E-state index contributed by atoms with van der Waals surface area (Å²) in [6.45, 7) is 8.14. The third-order valence-corrected chi connectivity index (χ3v) is 4.70. The van der Waals surface area contributed by atoms with Gasteiger partial charge in [0.1, 0.15) is 0 Å². The lowest BCUT2D eigenvalue weighted by molar-refractivity contribution is 0.00578. The van der Waals surface area contributed by atoms with E-state index in [1.165, 1.54) is 0 Å². The van der Waals surface area contributed by atoms with Crippen molar-refractivity contribution in [2.45, 2.75) is 38.9 Å². The first-order valence-electron chi connectivity index (χ1n) is 5.53. The molecule has 2 nitrogen and oxygen atoms in total. The summed E-state index contributed by atoms with van der Waals surface area (Å²) in [5.41, 5.74) is 0.297. The SMILES string of the molecule is CC1(C)OB(c2ccc(Br)c(Cl)c2)OC1(C)C. The van der Waals surface area contributed by atoms with Crippen molar-refractivity contribution in [1.82, 2.24) is 0 Å². The van der Waals surface area contributed by atoms with E-state index in [-0.39, 0.29) is 18.3 Å². The topological polar surface area (TPSA) is 18.5 Å². The fourth-order valence-electron chi connectivity index (χ4n) is 1.64. The molecule has 1 aliphatic rings. The molecule has 1 fully saturated rings. The average molecular weight is 317 g/mol. The van der Waals surface area contributed by atoms with E-state index in [0.717, 1.165) is 9.94 Å². The molecule has 0 saturated carbocycles. The van der Waals surface area contributed by atoms with Gasteiger partial charge in [-0.05, 0) is 61.2 Å². The Labute approximate surface area is 116 Å². The lowest BCUT2D eigenvalue weighted by atomic mass is 9.79. The molecule has 0 amide bonds. The summed E-state index contributed by atoms with van der Waals surface area (Å²) in [4.78, 5) is 0. The Morgan fingerprint density at radius 2 is 1.65 bits per heavy atom. The van der Waals surface area contributed by atoms with Crippen LogP contribution in [0.5, 0.6) is 0 Å². The van der Waals surface area contributed by atoms with Crippen LogP contribution in [0.25, 0.3) is 0 Å². The van der Waals surface area contributed by atoms with Crippen LogP contribution < -0.4 is 5.46 Å². The van der Waals surface area contributed by atoms with Crippen LogP contribution in [-0.4, -0.2) is 18.3 Å². The van der Waals surface area contributed by atoms with E-state index >= 15 is 0 Å². The number of hydrogen-bond donors (Lipinski definition) is 0. The van der Waals surface area contributed by atoms with Crippen molar-refractivity contribution in [1.29, 1.82) is 0 Å². The summed E-state index contributed by atoms with van der Waals surface area (Å²) in [5.74, 6) is 0. The van der Waals surface area contributed by atoms with Gasteiger partial charge < -0.3 is 9.31 Å². The quantitative estimate of drug-likeness (QED) is 0.739. The predicted molar refractivity (Wildman–Crippen MR) is 74.9 cm³/mol. The second-order valence-corrected chi connectivity index (χ2v) is 6.52. The van der Waals surface area contributed by atoms with Crippen molar-refractivity contribution in [2.24, 2.45) is 0 Å². The minimum Gasteiger partial charge on any atom is -0.399 e. The van der Waals surface area contributed by atoms with Crippen LogP contribution in [0.2, 0.25) is 5.02 Å². The van der Waals surface area contributed by atoms with E-state index in [0.29, 0.717) is 5.02 Å². The van der Waals surface area contributed by atoms with Crippen LogP contribution in [0.3, 0.4) is 0 Å². The van der Waals surface area contributed by atoms with E-state index in [2.05, 4.69) is 15.9 Å². The molecule has 0 bridgehead atoms. The maximum Gasteiger partial charge on any atom is 0.494 e. The van der Waals surface area contributed by atoms with Crippen LogP contribution >= 0.6 is 27.5 Å². The number of benzene rings is 1. The molecule has 1 saturated heterocycles. The Balaban J connectivity index is 2.29. The van der Waals surface area contributed by atoms with Crippen molar-refractivity contribution in [3.8, 4) is 0 Å². The lowest BCUT2D eigenvalue weighted by Gasteiger charge is -2.32. The molecule has 0 N–H and O–H groups in total. The Bertz CT molecular complexity index is 432. The van der Waals surface area contributed by atoms with Gasteiger partial charge >= 0.3 is 7.12 Å². The summed E-state index contributed by atoms with van der Waals surface area (Å²) in [6, 6.07) is 5.73. The lowest BCUT2D eigenvalue weighted by Crippen LogP contribution is -2.41. The molecule has 1 aliphatic heterocycles. The molecule has 0 atom stereocenters. The molecule has 0 radical (unpaired) electrons. The average Bonchev–Trinajstić information content (AvgIpc) is 2.41. The summed E-state index contributed by atoms with van der Waals surface area (Å²) in [7, 11) is -0.356. The first-order valence-corrected chi connectivity index (χ1v) is 6.71. The minimum absolute atomic E-state index is 0.322. The summed E-state index contributed by atoms with van der Waals surface area (Å²) < 4.78 is 12.8. The Morgan fingerprint density at radius 3 is 2.12 bits per heavy atom. The highest BCUT2D eigenvalue weighted by Crippen LogP contribution is 2.36. The van der Waals surface area contributed by atoms with Gasteiger partial charge in [0, 0.05) is 4.47 Å². The molecule has 0 aromatic heterocycles. The molecule has 2 rings (SSSR count). The molecule has 92 valence electrons. The fraction of sp³-hybridized carbons (Fsp3) is 0.500. The zero-order valence-corrected chi connectivity index (χ0v) is 12.7. The van der Waals surface area contributed by atoms with Gasteiger partial charge in [-0.2, -0.15) is 0 Å². The third kappa shape index (κ3) is 2.41. The van der Waals surface area contributed by atoms with Gasteiger partial charge in [-0.25, -0.2) is 0 Å². The van der Waals surface area contributed by atoms with Crippen LogP contribution in [-0.2, 0) is 9.31 Å². The van der Waals surface area contributed by atoms with E-state index in [1.54, 1.807) is 0 Å². The third-order valence-electron chi connectivity index (χ3n) is 3.47. The van der Waals surface area contributed by atoms with Gasteiger partial charge in [-0.3, -0.25) is 0 Å². The first kappa shape index (κ1) is 13.4. The Kier molecular flexibility index (Phi) is 3.37. The van der Waals surface area contributed by atoms with E-state index in [4.69, 9.17) is 20.9 Å². The van der Waals surface area contributed by atoms with Crippen molar-refractivity contribution < 1.29 is 9.31 Å². The summed E-state index contributed by atoms with van der Waals surface area (Å²) in [6.07, 6.45) is 0. The molecular weight excluding hydrogens is 302 g/mol. The zero-order chi connectivity index (χ0) is 12.8. The highest BCUT2D eigenvalue weighted by Gasteiger charge is 2.51. The first-order chi connectivity index (χ1) is 7.73. The second kappa shape index (κ2) is 4.27. The molecule has 0 spiro atoms. The van der Waals surface area contributed by atoms with Gasteiger partial charge in [0.05, 0.1) is 16.2 Å². The highest BCUT2D eigenvalue weighted by molar-refractivity contribution is 9.10. The highest BCUT2D eigenvalue weighted by atomic mass is 79.9. The fourth-order valence-corrected chi connectivity index (χ4v) is 2.07. The molecular formula is C12H15BBrClO2. The maximum absolute atomic E-state index is 6.08. The normalized spacial score (nSPS) is 21.9. The zero-order valence-electron chi connectivity index (χ0n) is 10.4. The van der Waals surface area contributed by atoms with Gasteiger partial charge in [0.25, 0.3) is 0 Å². The van der Waals surface area contributed by atoms with Crippen LogP contribution in [0.1, 0.15) is 27.7 Å². The monoisotopic (exact) mass is 316 g/mol. The van der Waals surface area contributed by atoms with Crippen LogP contribution in [0.15, 0.2) is 22.7 Å². The standard InChI is InChI=1S/C12H15BBrClO2/c1-11(2)12(3,4)17-13(16-11)8-5-6-9(14)10(15)7-8/h5-7H,1-4H3. The maximum atomic E-state index is 6.08. The van der Waals surface area contributed by atoms with E-state index < -0.39 is 0 Å². The van der Waals surface area contributed by atoms with Gasteiger partial charge in [-0.15, -0.1) is 0 Å². The second-order valence-electron chi connectivity index (χ2n) is 5.26. The van der Waals surface area contributed by atoms with Crippen LogP contribution in [0, 0.1) is 0 Å². The molecule has 17 heavy (non-hydrogen) atoms. The number of rotatable bonds is 1. The summed E-state index contributed by atoms with van der Waals surface area (Å²) >= 11 is 9.45. The Morgan fingerprint density at radius 1 is 1.12 bits per heavy atom. The largest absolute Gasteiger partial charge is 0.494 e. The van der Waals surface area contributed by atoms with E-state index in [9.17, 15) is 0 Å². The predicted octanol–water partition coefficient (Wildman–Crippen LogP) is 3.40. The molecule has 1 aromatic rings. The summed E-state index contributed by atoms with van der Waals surface area (Å²) in [5, 5.41) is 0.664.